The van der Waals surface area contributed by atoms with Crippen molar-refractivity contribution in [3.63, 3.8) is 0 Å². The van der Waals surface area contributed by atoms with E-state index in [1.807, 2.05) is 0 Å². The number of carbonyl (C=O) groups is 2. The predicted molar refractivity (Wildman–Crippen MR) is 119 cm³/mol. The molecule has 2 aliphatic heterocycles. The number of hydrogen-bond acceptors (Lipinski definition) is 6. The molecule has 1 aromatic carbocycles. The number of sulfonamides is 1. The third-order valence-electron chi connectivity index (χ3n) is 6.00. The van der Waals surface area contributed by atoms with Gasteiger partial charge in [-0.05, 0) is 31.0 Å². The maximum absolute atomic E-state index is 13.1. The molecule has 4 rings (SSSR count). The van der Waals surface area contributed by atoms with Gasteiger partial charge in [-0.3, -0.25) is 9.59 Å². The molecule has 1 N–H and O–H groups in total. The summed E-state index contributed by atoms with van der Waals surface area (Å²) in [6, 6.07) is 4.99. The number of morpholine rings is 1. The van der Waals surface area contributed by atoms with Crippen molar-refractivity contribution in [1.29, 1.82) is 0 Å². The van der Waals surface area contributed by atoms with E-state index in [2.05, 4.69) is 5.32 Å². The third kappa shape index (κ3) is 5.24. The normalized spacial score (nSPS) is 21.4. The lowest BCUT2D eigenvalue weighted by Crippen LogP contribution is -2.46. The number of carbonyl (C=O) groups excluding carboxylic acids is 2. The number of nitrogens with one attached hydrogen (secondary N) is 1. The fourth-order valence-corrected chi connectivity index (χ4v) is 6.64. The third-order valence-corrected chi connectivity index (χ3v) is 8.95. The molecule has 2 fully saturated rings. The van der Waals surface area contributed by atoms with E-state index in [0.717, 1.165) is 30.6 Å². The number of benzene rings is 1. The van der Waals surface area contributed by atoms with Crippen LogP contribution >= 0.6 is 11.8 Å². The Morgan fingerprint density at radius 1 is 1.13 bits per heavy atom. The van der Waals surface area contributed by atoms with Crippen LogP contribution in [0.3, 0.4) is 0 Å². The Hall–Kier alpha value is -1.62. The molecule has 0 atom stereocenters. The van der Waals surface area contributed by atoms with E-state index in [1.54, 1.807) is 12.1 Å². The molecule has 31 heavy (non-hydrogen) atoms. The number of ether oxygens (including phenoxy) is 1. The summed E-state index contributed by atoms with van der Waals surface area (Å²) in [6.07, 6.45) is 6.54. The summed E-state index contributed by atoms with van der Waals surface area (Å²) in [5, 5.41) is 3.07. The van der Waals surface area contributed by atoms with Crippen LogP contribution in [0.25, 0.3) is 0 Å². The van der Waals surface area contributed by atoms with Crippen molar-refractivity contribution in [2.45, 2.75) is 54.4 Å². The van der Waals surface area contributed by atoms with Gasteiger partial charge in [-0.15, -0.1) is 11.8 Å². The SMILES string of the molecule is O=C(CN1C(=O)CSc2ccc(S(=O)(=O)N3CCOCC3)cc21)NC1CCCCCC1. The molecule has 0 radical (unpaired) electrons. The summed E-state index contributed by atoms with van der Waals surface area (Å²) in [4.78, 5) is 27.7. The van der Waals surface area contributed by atoms with E-state index >= 15 is 0 Å². The summed E-state index contributed by atoms with van der Waals surface area (Å²) in [7, 11) is -3.69. The van der Waals surface area contributed by atoms with Crippen LogP contribution in [0.15, 0.2) is 28.0 Å². The fourth-order valence-electron chi connectivity index (χ4n) is 4.29. The summed E-state index contributed by atoms with van der Waals surface area (Å²) >= 11 is 1.37. The van der Waals surface area contributed by atoms with Gasteiger partial charge >= 0.3 is 0 Å². The molecule has 10 heteroatoms. The summed E-state index contributed by atoms with van der Waals surface area (Å²) in [6.45, 7) is 1.25. The highest BCUT2D eigenvalue weighted by atomic mass is 32.2. The first-order chi connectivity index (χ1) is 14.9. The van der Waals surface area contributed by atoms with E-state index in [4.69, 9.17) is 4.74 Å². The molecule has 0 aromatic heterocycles. The van der Waals surface area contributed by atoms with Gasteiger partial charge in [-0.25, -0.2) is 8.42 Å². The number of hydrogen-bond donors (Lipinski definition) is 1. The van der Waals surface area contributed by atoms with Gasteiger partial charge in [0.05, 0.1) is 29.5 Å². The van der Waals surface area contributed by atoms with Gasteiger partial charge in [0.15, 0.2) is 0 Å². The van der Waals surface area contributed by atoms with Crippen LogP contribution < -0.4 is 10.2 Å². The van der Waals surface area contributed by atoms with Crippen molar-refractivity contribution in [1.82, 2.24) is 9.62 Å². The van der Waals surface area contributed by atoms with Gasteiger partial charge in [-0.1, -0.05) is 25.7 Å². The van der Waals surface area contributed by atoms with Crippen LogP contribution in [0, 0.1) is 0 Å². The maximum Gasteiger partial charge on any atom is 0.243 e. The Morgan fingerprint density at radius 2 is 1.84 bits per heavy atom. The molecular formula is C21H29N3O5S2. The topological polar surface area (TPSA) is 96.0 Å². The minimum absolute atomic E-state index is 0.0933. The van der Waals surface area contributed by atoms with Crippen molar-refractivity contribution < 1.29 is 22.7 Å². The molecule has 2 heterocycles. The number of anilines is 1. The summed E-state index contributed by atoms with van der Waals surface area (Å²) in [5.41, 5.74) is 0.492. The quantitative estimate of drug-likeness (QED) is 0.666. The molecule has 8 nitrogen and oxygen atoms in total. The van der Waals surface area contributed by atoms with Gasteiger partial charge in [0.1, 0.15) is 6.54 Å². The van der Waals surface area contributed by atoms with Crippen molar-refractivity contribution in [3.05, 3.63) is 18.2 Å². The molecule has 3 aliphatic rings. The largest absolute Gasteiger partial charge is 0.379 e. The molecule has 0 unspecified atom stereocenters. The molecule has 2 amide bonds. The second kappa shape index (κ2) is 9.89. The van der Waals surface area contributed by atoms with Gasteiger partial charge in [0.25, 0.3) is 0 Å². The average Bonchev–Trinajstić information content (AvgIpc) is 3.04. The van der Waals surface area contributed by atoms with E-state index < -0.39 is 10.0 Å². The van der Waals surface area contributed by atoms with E-state index in [9.17, 15) is 18.0 Å². The number of fused-ring (bicyclic) bond motifs is 1. The summed E-state index contributed by atoms with van der Waals surface area (Å²) < 4.78 is 32.8. The van der Waals surface area contributed by atoms with Gasteiger partial charge in [0.2, 0.25) is 21.8 Å². The Morgan fingerprint density at radius 3 is 2.55 bits per heavy atom. The second-order valence-electron chi connectivity index (χ2n) is 8.17. The van der Waals surface area contributed by atoms with Crippen molar-refractivity contribution in [2.75, 3.05) is 43.5 Å². The van der Waals surface area contributed by atoms with Crippen molar-refractivity contribution in [3.8, 4) is 0 Å². The number of rotatable bonds is 5. The highest BCUT2D eigenvalue weighted by Crippen LogP contribution is 2.37. The second-order valence-corrected chi connectivity index (χ2v) is 11.1. The van der Waals surface area contributed by atoms with Crippen LogP contribution in [0.4, 0.5) is 5.69 Å². The fraction of sp³-hybridized carbons (Fsp3) is 0.619. The highest BCUT2D eigenvalue weighted by Gasteiger charge is 2.31. The zero-order valence-electron chi connectivity index (χ0n) is 17.5. The lowest BCUT2D eigenvalue weighted by Gasteiger charge is -2.30. The van der Waals surface area contributed by atoms with Crippen LogP contribution in [-0.2, 0) is 24.3 Å². The van der Waals surface area contributed by atoms with E-state index in [1.165, 1.54) is 39.9 Å². The predicted octanol–water partition coefficient (Wildman–Crippen LogP) is 1.99. The standard InChI is InChI=1S/C21H29N3O5S2/c25-20(22-16-5-3-1-2-4-6-16)14-24-18-13-17(7-8-19(18)30-15-21(24)26)31(27,28)23-9-11-29-12-10-23/h7-8,13,16H,1-6,9-12,14-15H2,(H,22,25). The van der Waals surface area contributed by atoms with E-state index in [0.29, 0.717) is 32.0 Å². The van der Waals surface area contributed by atoms with Crippen molar-refractivity contribution in [2.24, 2.45) is 0 Å². The minimum Gasteiger partial charge on any atom is -0.379 e. The molecule has 0 bridgehead atoms. The van der Waals surface area contributed by atoms with Crippen molar-refractivity contribution >= 4 is 39.3 Å². The Balaban J connectivity index is 1.53. The zero-order valence-corrected chi connectivity index (χ0v) is 19.2. The smallest absolute Gasteiger partial charge is 0.243 e. The molecule has 1 saturated carbocycles. The molecular weight excluding hydrogens is 438 g/mol. The first-order valence-electron chi connectivity index (χ1n) is 10.9. The van der Waals surface area contributed by atoms with Crippen LogP contribution in [-0.4, -0.2) is 69.2 Å². The zero-order chi connectivity index (χ0) is 21.8. The number of thioether (sulfide) groups is 1. The average molecular weight is 468 g/mol. The van der Waals surface area contributed by atoms with Crippen LogP contribution in [0.5, 0.6) is 0 Å². The first-order valence-corrected chi connectivity index (χ1v) is 13.3. The highest BCUT2D eigenvalue weighted by molar-refractivity contribution is 8.00. The number of nitrogens with zero attached hydrogens (tertiary/aromatic N) is 2. The Bertz CT molecular complexity index is 923. The molecule has 170 valence electrons. The minimum atomic E-state index is -3.69. The molecule has 1 aliphatic carbocycles. The summed E-state index contributed by atoms with van der Waals surface area (Å²) in [5.74, 6) is -0.145. The lowest BCUT2D eigenvalue weighted by molar-refractivity contribution is -0.123. The lowest BCUT2D eigenvalue weighted by atomic mass is 10.1. The molecule has 1 aromatic rings. The maximum atomic E-state index is 13.1. The van der Waals surface area contributed by atoms with Gasteiger partial charge < -0.3 is 15.0 Å². The van der Waals surface area contributed by atoms with Gasteiger partial charge in [0, 0.05) is 24.0 Å². The van der Waals surface area contributed by atoms with Crippen LogP contribution in [0.2, 0.25) is 0 Å². The van der Waals surface area contributed by atoms with E-state index in [-0.39, 0.29) is 35.0 Å². The molecule has 1 saturated heterocycles. The van der Waals surface area contributed by atoms with Crippen LogP contribution in [0.1, 0.15) is 38.5 Å². The molecule has 0 spiro atoms. The first kappa shape index (κ1) is 22.6. The van der Waals surface area contributed by atoms with Gasteiger partial charge in [-0.2, -0.15) is 4.31 Å². The Labute approximate surface area is 187 Å². The Kier molecular flexibility index (Phi) is 7.20. The number of amides is 2. The monoisotopic (exact) mass is 467 g/mol.